The number of hydrogen-bond acceptors (Lipinski definition) is 12. The molecule has 0 radical (unpaired) electrons. The molecule has 2 aliphatic carbocycles. The van der Waals surface area contributed by atoms with Crippen LogP contribution in [0.25, 0.3) is 22.3 Å². The number of hydrogen-bond donors (Lipinski definition) is 4. The summed E-state index contributed by atoms with van der Waals surface area (Å²) in [5.74, 6) is -11.0. The summed E-state index contributed by atoms with van der Waals surface area (Å²) >= 11 is 0. The summed E-state index contributed by atoms with van der Waals surface area (Å²) < 4.78 is 184. The highest BCUT2D eigenvalue weighted by molar-refractivity contribution is 6.16. The smallest absolute Gasteiger partial charge is 0.411 e. The molecule has 0 saturated heterocycles. The maximum atomic E-state index is 15.1. The van der Waals surface area contributed by atoms with Crippen molar-refractivity contribution >= 4 is 58.8 Å². The van der Waals surface area contributed by atoms with Crippen LogP contribution in [0.15, 0.2) is 267 Å². The Morgan fingerprint density at radius 3 is 0.941 bits per heavy atom. The summed E-state index contributed by atoms with van der Waals surface area (Å²) in [5.41, 5.74) is 5.82. The highest BCUT2D eigenvalue weighted by atomic mass is 19.4. The number of alkyl halides is 12. The maximum absolute atomic E-state index is 15.1. The van der Waals surface area contributed by atoms with Crippen molar-refractivity contribution in [1.29, 1.82) is 0 Å². The Hall–Kier alpha value is -14.0. The Morgan fingerprint density at radius 1 is 0.331 bits per heavy atom. The molecule has 2 heterocycles. The first kappa shape index (κ1) is 80.6. The highest BCUT2D eigenvalue weighted by Crippen LogP contribution is 2.61. The zero-order chi connectivity index (χ0) is 84.7. The minimum absolute atomic E-state index is 0.154. The molecule has 2 aliphatic heterocycles. The van der Waals surface area contributed by atoms with E-state index in [1.54, 1.807) is 12.1 Å². The third kappa shape index (κ3) is 12.9. The van der Waals surface area contributed by atoms with E-state index in [2.05, 4.69) is 138 Å². The van der Waals surface area contributed by atoms with Crippen LogP contribution in [0.3, 0.4) is 0 Å². The first-order valence-electron chi connectivity index (χ1n) is 36.1. The zero-order valence-electron chi connectivity index (χ0n) is 61.5. The molecule has 0 aromatic heterocycles. The van der Waals surface area contributed by atoms with Gasteiger partial charge >= 0.3 is 60.5 Å². The van der Waals surface area contributed by atoms with Crippen LogP contribution in [0.2, 0.25) is 0 Å². The second kappa shape index (κ2) is 29.7. The van der Waals surface area contributed by atoms with Crippen LogP contribution < -0.4 is 11.5 Å². The Balaban J connectivity index is 0.000000163. The monoisotopic (exact) mass is 1610 g/mol. The molecule has 118 heavy (non-hydrogen) atoms. The van der Waals surface area contributed by atoms with E-state index in [1.165, 1.54) is 33.4 Å². The van der Waals surface area contributed by atoms with Crippen molar-refractivity contribution in [3.63, 3.8) is 0 Å². The van der Waals surface area contributed by atoms with Crippen LogP contribution in [0.4, 0.5) is 64.1 Å². The lowest BCUT2D eigenvalue weighted by atomic mass is 9.67. The lowest BCUT2D eigenvalue weighted by Crippen LogP contribution is -2.55. The molecule has 0 fully saturated rings. The predicted octanol–water partition coefficient (Wildman–Crippen LogP) is 20.0. The van der Waals surface area contributed by atoms with E-state index >= 15 is 26.3 Å². The van der Waals surface area contributed by atoms with E-state index in [-0.39, 0.29) is 35.7 Å². The molecule has 594 valence electrons. The molecular formula is C92H60F12N2O12. The molecule has 12 aromatic rings. The third-order valence-corrected chi connectivity index (χ3v) is 22.0. The number of aryl methyl sites for hydroxylation is 1. The molecule has 0 spiro atoms. The topological polar surface area (TPSA) is 248 Å². The van der Waals surface area contributed by atoms with Crippen LogP contribution in [-0.4, -0.2) is 82.3 Å². The molecule has 14 nitrogen and oxygen atoms in total. The van der Waals surface area contributed by atoms with Gasteiger partial charge in [0.15, 0.2) is 11.6 Å². The number of nitrogens with two attached hydrogens (primary N) is 2. The van der Waals surface area contributed by atoms with Crippen molar-refractivity contribution in [2.45, 2.75) is 73.1 Å². The van der Waals surface area contributed by atoms with Gasteiger partial charge in [0.05, 0.1) is 44.2 Å². The summed E-state index contributed by atoms with van der Waals surface area (Å²) in [5, 5.41) is 19.6. The number of ether oxygens (including phenoxy) is 2. The van der Waals surface area contributed by atoms with Crippen molar-refractivity contribution in [3.05, 3.63) is 389 Å². The zero-order valence-corrected chi connectivity index (χ0v) is 61.5. The van der Waals surface area contributed by atoms with Crippen molar-refractivity contribution in [3.8, 4) is 22.3 Å². The van der Waals surface area contributed by atoms with Gasteiger partial charge in [-0.2, -0.15) is 52.7 Å². The van der Waals surface area contributed by atoms with E-state index in [0.717, 1.165) is 63.7 Å². The van der Waals surface area contributed by atoms with Crippen molar-refractivity contribution < 1.29 is 111 Å². The number of carbonyl (C=O) groups is 8. The Labute approximate surface area is 662 Å². The normalized spacial score (nSPS) is 14.2. The molecule has 0 unspecified atom stereocenters. The number of carbonyl (C=O) groups excluding carboxylic acids is 6. The van der Waals surface area contributed by atoms with E-state index in [1.807, 2.05) is 60.7 Å². The van der Waals surface area contributed by atoms with E-state index in [0.29, 0.717) is 48.0 Å². The van der Waals surface area contributed by atoms with Gasteiger partial charge in [-0.15, -0.1) is 0 Å². The van der Waals surface area contributed by atoms with E-state index < -0.39 is 162 Å². The molecule has 0 saturated carbocycles. The largest absolute Gasteiger partial charge is 0.478 e. The Bertz CT molecular complexity index is 5900. The molecule has 4 aliphatic rings. The van der Waals surface area contributed by atoms with Gasteiger partial charge in [-0.3, -0.25) is 9.59 Å². The summed E-state index contributed by atoms with van der Waals surface area (Å²) in [4.78, 5) is 96.7. The molecule has 12 aromatic carbocycles. The van der Waals surface area contributed by atoms with Crippen molar-refractivity contribution in [2.75, 3.05) is 11.5 Å². The maximum Gasteiger partial charge on any atom is 0.411 e. The highest BCUT2D eigenvalue weighted by Gasteiger charge is 2.74. The van der Waals surface area contributed by atoms with Gasteiger partial charge in [-0.25, -0.2) is 28.8 Å². The average molecular weight is 1610 g/mol. The van der Waals surface area contributed by atoms with Gasteiger partial charge in [-0.05, 0) is 180 Å². The second-order valence-electron chi connectivity index (χ2n) is 28.3. The van der Waals surface area contributed by atoms with Crippen LogP contribution in [0.1, 0.15) is 175 Å². The number of fused-ring (bicyclic) bond motifs is 8. The van der Waals surface area contributed by atoms with Gasteiger partial charge in [0.2, 0.25) is 10.8 Å². The number of rotatable bonds is 15. The number of nitrogen functional groups attached to an aromatic ring is 2. The number of cyclic esters (lactones) is 4. The molecule has 0 bridgehead atoms. The van der Waals surface area contributed by atoms with Crippen molar-refractivity contribution in [2.24, 2.45) is 0 Å². The Morgan fingerprint density at radius 2 is 0.619 bits per heavy atom. The van der Waals surface area contributed by atoms with Gasteiger partial charge in [0.1, 0.15) is 0 Å². The number of benzene rings is 12. The lowest BCUT2D eigenvalue weighted by Gasteiger charge is -2.38. The minimum atomic E-state index is -6.21. The van der Waals surface area contributed by atoms with Crippen LogP contribution >= 0.6 is 0 Å². The number of ketones is 2. The first-order valence-corrected chi connectivity index (χ1v) is 36.1. The van der Waals surface area contributed by atoms with Crippen LogP contribution in [-0.2, 0) is 44.0 Å². The Kier molecular flexibility index (Phi) is 20.3. The molecule has 26 heteroatoms. The van der Waals surface area contributed by atoms with Gasteiger partial charge in [0, 0.05) is 28.9 Å². The number of carboxylic acids is 2. The number of esters is 4. The van der Waals surface area contributed by atoms with E-state index in [4.69, 9.17) is 11.5 Å². The molecule has 16 rings (SSSR count). The van der Waals surface area contributed by atoms with Gasteiger partial charge < -0.3 is 31.2 Å². The fourth-order valence-electron chi connectivity index (χ4n) is 16.7. The van der Waals surface area contributed by atoms with Gasteiger partial charge in [0.25, 0.3) is 0 Å². The molecule has 6 N–H and O–H groups in total. The first-order chi connectivity index (χ1) is 55.9. The van der Waals surface area contributed by atoms with Gasteiger partial charge in [-0.1, -0.05) is 207 Å². The summed E-state index contributed by atoms with van der Waals surface area (Å²) in [6.45, 7) is 2.84. The predicted molar refractivity (Wildman–Crippen MR) is 409 cm³/mol. The number of Topliss-reactive ketones (excluding diaryl/α,β-unsaturated/α-hetero) is 2. The number of anilines is 2. The quantitative estimate of drug-likeness (QED) is 0.0245. The lowest BCUT2D eigenvalue weighted by molar-refractivity contribution is -0.290. The van der Waals surface area contributed by atoms with E-state index in [9.17, 15) is 74.9 Å². The second-order valence-corrected chi connectivity index (χ2v) is 28.3. The van der Waals surface area contributed by atoms with Crippen LogP contribution in [0.5, 0.6) is 0 Å². The number of aromatic carboxylic acids is 2. The van der Waals surface area contributed by atoms with Crippen LogP contribution in [0, 0.1) is 0 Å². The third-order valence-electron chi connectivity index (χ3n) is 22.0. The summed E-state index contributed by atoms with van der Waals surface area (Å²) in [6, 6.07) is 70.0. The minimum Gasteiger partial charge on any atom is -0.478 e. The fraction of sp³-hybridized carbons (Fsp3) is 0.130. The number of halogens is 12. The molecule has 0 atom stereocenters. The SMILES string of the molecule is CCc1ccc(C2(c3ccc(CC(=O)c4ccc(C(c5ccc(C(=O)O)c(C(C)=O)c5)(C(F)(F)F)C(F)(F)F)cc4C(=O)O)cc3)c3ccccc3-c3ccccc32)cc1.Nc1ccc(C2(c3ccc(N)cc3)c3ccccc3-c3ccccc32)cc1.O=C1OC(=O)c2cc(C(c3ccc4c(c3)C(=O)OC4=O)(C(F)(F)F)C(F)(F)F)ccc21. The van der Waals surface area contributed by atoms with Crippen molar-refractivity contribution in [1.82, 2.24) is 0 Å². The summed E-state index contributed by atoms with van der Waals surface area (Å²) in [7, 11) is 0. The summed E-state index contributed by atoms with van der Waals surface area (Å²) in [6.07, 6.45) is -24.1. The standard InChI is InChI=1S/C48H34F6O6.C25H20N2.C19H6F6O6/c1-3-28-12-16-30(17-13-28)45(40-10-6-4-8-34(40)35-9-5-7-11-41(35)45)31-18-14-29(15-19-31)24-42(56)36-22-20-33(26-39(36)44(59)60)46(47(49,50)51,48(52,53)54)32-21-23-37(43(57)58)38(25-32)27(2)55;26-19-13-9-17(10-14-19)25(18-11-15-20(27)16-12-18)23-7-3-1-5-21(23)22-6-2-4-8-24(22)25;20-18(21,22)17(19(23,24)25,7-1-3-9-11(5-7)15(28)30-13(9)26)8-2-4-10-12(6-8)16(29)31-14(10)27/h4-23,25-26H,3,24H2,1-2H3,(H,57,58)(H,59,60);1-16H,26-27H2;1-6H. The average Bonchev–Trinajstić information content (AvgIpc) is 1.50. The molecular weight excluding hydrogens is 1550 g/mol. The molecule has 0 amide bonds. The number of carboxylic acid groups (broad SMARTS) is 2. The fourth-order valence-corrected chi connectivity index (χ4v) is 16.7.